The Morgan fingerprint density at radius 1 is 1.70 bits per heavy atom. The van der Waals surface area contributed by atoms with Crippen molar-refractivity contribution >= 4 is 5.91 Å². The number of carbonyl (C=O) groups excluding carboxylic acids is 1. The largest absolute Gasteiger partial charge is 0.383 e. The molecule has 0 aliphatic heterocycles. The summed E-state index contributed by atoms with van der Waals surface area (Å²) in [5, 5.41) is 0. The standard InChI is InChI=1S/C6H14N2O2/c1-6(8,4-10-2)3-5(7)9/h3-4,8H2,1-2H3,(H2,7,9). The van der Waals surface area contributed by atoms with Crippen LogP contribution >= 0.6 is 0 Å². The first-order chi connectivity index (χ1) is 4.48. The van der Waals surface area contributed by atoms with Gasteiger partial charge >= 0.3 is 0 Å². The van der Waals surface area contributed by atoms with Gasteiger partial charge in [0, 0.05) is 19.1 Å². The number of amides is 1. The Morgan fingerprint density at radius 2 is 2.20 bits per heavy atom. The van der Waals surface area contributed by atoms with E-state index in [1.165, 1.54) is 7.11 Å². The van der Waals surface area contributed by atoms with Crippen molar-refractivity contribution in [1.29, 1.82) is 0 Å². The summed E-state index contributed by atoms with van der Waals surface area (Å²) in [5.74, 6) is -0.401. The fraction of sp³-hybridized carbons (Fsp3) is 0.833. The molecule has 4 heteroatoms. The van der Waals surface area contributed by atoms with E-state index in [4.69, 9.17) is 16.2 Å². The second kappa shape index (κ2) is 3.53. The van der Waals surface area contributed by atoms with Gasteiger partial charge in [0.05, 0.1) is 6.61 Å². The molecule has 0 rings (SSSR count). The van der Waals surface area contributed by atoms with Gasteiger partial charge in [0.2, 0.25) is 5.91 Å². The highest BCUT2D eigenvalue weighted by Crippen LogP contribution is 2.03. The van der Waals surface area contributed by atoms with Crippen molar-refractivity contribution < 1.29 is 9.53 Å². The Hall–Kier alpha value is -0.610. The molecular formula is C6H14N2O2. The number of primary amides is 1. The highest BCUT2D eigenvalue weighted by atomic mass is 16.5. The van der Waals surface area contributed by atoms with Gasteiger partial charge in [0.25, 0.3) is 0 Å². The van der Waals surface area contributed by atoms with Crippen LogP contribution in [0.5, 0.6) is 0 Å². The molecular weight excluding hydrogens is 132 g/mol. The molecule has 4 N–H and O–H groups in total. The minimum atomic E-state index is -0.624. The molecule has 0 saturated heterocycles. The molecule has 0 spiro atoms. The van der Waals surface area contributed by atoms with Crippen molar-refractivity contribution in [2.24, 2.45) is 11.5 Å². The van der Waals surface area contributed by atoms with Gasteiger partial charge in [-0.1, -0.05) is 0 Å². The van der Waals surface area contributed by atoms with Gasteiger partial charge < -0.3 is 16.2 Å². The zero-order valence-electron chi connectivity index (χ0n) is 6.39. The maximum atomic E-state index is 10.4. The maximum absolute atomic E-state index is 10.4. The van der Waals surface area contributed by atoms with Crippen LogP contribution in [0, 0.1) is 0 Å². The summed E-state index contributed by atoms with van der Waals surface area (Å²) in [6.45, 7) is 2.07. The van der Waals surface area contributed by atoms with Crippen LogP contribution in [0.3, 0.4) is 0 Å². The maximum Gasteiger partial charge on any atom is 0.219 e. The van der Waals surface area contributed by atoms with Crippen LogP contribution < -0.4 is 11.5 Å². The topological polar surface area (TPSA) is 78.3 Å². The van der Waals surface area contributed by atoms with E-state index in [9.17, 15) is 4.79 Å². The first-order valence-corrected chi connectivity index (χ1v) is 3.04. The number of carbonyl (C=O) groups is 1. The molecule has 0 aromatic carbocycles. The van der Waals surface area contributed by atoms with Crippen LogP contribution in [0.2, 0.25) is 0 Å². The third-order valence-corrected chi connectivity index (χ3v) is 1.05. The lowest BCUT2D eigenvalue weighted by Crippen LogP contribution is -2.44. The summed E-state index contributed by atoms with van der Waals surface area (Å²) >= 11 is 0. The number of ether oxygens (including phenoxy) is 1. The molecule has 60 valence electrons. The van der Waals surface area contributed by atoms with Crippen molar-refractivity contribution in [3.05, 3.63) is 0 Å². The minimum Gasteiger partial charge on any atom is -0.383 e. The molecule has 1 atom stereocenters. The second-order valence-electron chi connectivity index (χ2n) is 2.73. The van der Waals surface area contributed by atoms with E-state index >= 15 is 0 Å². The molecule has 0 aromatic rings. The van der Waals surface area contributed by atoms with E-state index in [0.717, 1.165) is 0 Å². The van der Waals surface area contributed by atoms with E-state index in [0.29, 0.717) is 6.61 Å². The van der Waals surface area contributed by atoms with E-state index in [-0.39, 0.29) is 6.42 Å². The molecule has 0 saturated carbocycles. The van der Waals surface area contributed by atoms with Crippen molar-refractivity contribution in [3.63, 3.8) is 0 Å². The van der Waals surface area contributed by atoms with Gasteiger partial charge in [0.15, 0.2) is 0 Å². The third kappa shape index (κ3) is 4.29. The van der Waals surface area contributed by atoms with Crippen LogP contribution in [0.15, 0.2) is 0 Å². The van der Waals surface area contributed by atoms with E-state index < -0.39 is 11.4 Å². The Kier molecular flexibility index (Phi) is 3.32. The van der Waals surface area contributed by atoms with Crippen LogP contribution in [-0.4, -0.2) is 25.2 Å². The lowest BCUT2D eigenvalue weighted by atomic mass is 10.0. The summed E-state index contributed by atoms with van der Waals surface area (Å²) in [7, 11) is 1.53. The van der Waals surface area contributed by atoms with Gasteiger partial charge in [-0.2, -0.15) is 0 Å². The summed E-state index contributed by atoms with van der Waals surface area (Å²) in [5.41, 5.74) is 9.91. The quantitative estimate of drug-likeness (QED) is 0.546. The normalized spacial score (nSPS) is 16.3. The third-order valence-electron chi connectivity index (χ3n) is 1.05. The number of rotatable bonds is 4. The first kappa shape index (κ1) is 9.39. The molecule has 0 aliphatic carbocycles. The predicted octanol–water partition coefficient (Wildman–Crippen LogP) is -0.774. The number of hydrogen-bond donors (Lipinski definition) is 2. The monoisotopic (exact) mass is 146 g/mol. The Labute approximate surface area is 60.5 Å². The lowest BCUT2D eigenvalue weighted by Gasteiger charge is -2.21. The summed E-state index contributed by atoms with van der Waals surface area (Å²) in [6, 6.07) is 0. The Morgan fingerprint density at radius 3 is 2.50 bits per heavy atom. The highest BCUT2D eigenvalue weighted by molar-refractivity contribution is 5.75. The molecule has 0 heterocycles. The molecule has 0 radical (unpaired) electrons. The van der Waals surface area contributed by atoms with Gasteiger partial charge in [-0.25, -0.2) is 0 Å². The van der Waals surface area contributed by atoms with Crippen molar-refractivity contribution in [2.45, 2.75) is 18.9 Å². The zero-order valence-corrected chi connectivity index (χ0v) is 6.39. The van der Waals surface area contributed by atoms with Gasteiger partial charge in [0.1, 0.15) is 0 Å². The molecule has 0 aromatic heterocycles. The highest BCUT2D eigenvalue weighted by Gasteiger charge is 2.20. The van der Waals surface area contributed by atoms with Gasteiger partial charge in [-0.3, -0.25) is 4.79 Å². The number of hydrogen-bond acceptors (Lipinski definition) is 3. The molecule has 1 unspecified atom stereocenters. The fourth-order valence-electron chi connectivity index (χ4n) is 0.779. The van der Waals surface area contributed by atoms with Gasteiger partial charge in [-0.15, -0.1) is 0 Å². The lowest BCUT2D eigenvalue weighted by molar-refractivity contribution is -0.119. The average molecular weight is 146 g/mol. The smallest absolute Gasteiger partial charge is 0.219 e. The van der Waals surface area contributed by atoms with Crippen LogP contribution in [0.25, 0.3) is 0 Å². The summed E-state index contributed by atoms with van der Waals surface area (Å²) < 4.78 is 4.77. The predicted molar refractivity (Wildman–Crippen MR) is 38.3 cm³/mol. The van der Waals surface area contributed by atoms with Crippen LogP contribution in [0.4, 0.5) is 0 Å². The molecule has 4 nitrogen and oxygen atoms in total. The van der Waals surface area contributed by atoms with Crippen LogP contribution in [0.1, 0.15) is 13.3 Å². The van der Waals surface area contributed by atoms with Gasteiger partial charge in [-0.05, 0) is 6.92 Å². The average Bonchev–Trinajstić information content (AvgIpc) is 1.59. The Balaban J connectivity index is 3.74. The molecule has 0 bridgehead atoms. The summed E-state index contributed by atoms with van der Waals surface area (Å²) in [6.07, 6.45) is 0.154. The number of nitrogens with two attached hydrogens (primary N) is 2. The Bertz CT molecular complexity index is 123. The molecule has 10 heavy (non-hydrogen) atoms. The zero-order chi connectivity index (χ0) is 8.20. The molecule has 1 amide bonds. The van der Waals surface area contributed by atoms with Crippen molar-refractivity contribution in [3.8, 4) is 0 Å². The molecule has 0 fully saturated rings. The first-order valence-electron chi connectivity index (χ1n) is 3.04. The summed E-state index contributed by atoms with van der Waals surface area (Å²) in [4.78, 5) is 10.4. The molecule has 0 aliphatic rings. The SMILES string of the molecule is COCC(C)(N)CC(N)=O. The number of methoxy groups -OCH3 is 1. The van der Waals surface area contributed by atoms with E-state index in [1.54, 1.807) is 6.92 Å². The van der Waals surface area contributed by atoms with Crippen molar-refractivity contribution in [1.82, 2.24) is 0 Å². The fourth-order valence-corrected chi connectivity index (χ4v) is 0.779. The minimum absolute atomic E-state index is 0.154. The van der Waals surface area contributed by atoms with Crippen LogP contribution in [-0.2, 0) is 9.53 Å². The van der Waals surface area contributed by atoms with E-state index in [2.05, 4.69) is 0 Å². The van der Waals surface area contributed by atoms with Crippen molar-refractivity contribution in [2.75, 3.05) is 13.7 Å². The van der Waals surface area contributed by atoms with E-state index in [1.807, 2.05) is 0 Å². The second-order valence-corrected chi connectivity index (χ2v) is 2.73.